The number of nitrogens with two attached hydrogens (primary N) is 1. The number of aromatic nitrogens is 1. The number of carbonyl (C=O) groups is 1. The molecule has 1 fully saturated rings. The summed E-state index contributed by atoms with van der Waals surface area (Å²) in [6.45, 7) is 0. The van der Waals surface area contributed by atoms with Crippen LogP contribution in [0.15, 0.2) is 18.5 Å². The third-order valence-electron chi connectivity index (χ3n) is 2.90. The molecule has 0 bridgehead atoms. The van der Waals surface area contributed by atoms with Gasteiger partial charge in [0, 0.05) is 24.1 Å². The van der Waals surface area contributed by atoms with Gasteiger partial charge in [0.2, 0.25) is 0 Å². The topological polar surface area (TPSA) is 102 Å². The van der Waals surface area contributed by atoms with Crippen molar-refractivity contribution in [3.8, 4) is 0 Å². The third-order valence-corrected chi connectivity index (χ3v) is 4.72. The summed E-state index contributed by atoms with van der Waals surface area (Å²) in [5, 5.41) is 2.69. The SMILES string of the molecule is Nc1ccncc1C(=O)NC1CCCS(=O)(=O)C1. The molecule has 0 spiro atoms. The van der Waals surface area contributed by atoms with E-state index in [4.69, 9.17) is 5.73 Å². The second-order valence-electron chi connectivity index (χ2n) is 4.39. The first kappa shape index (κ1) is 12.8. The van der Waals surface area contributed by atoms with Crippen LogP contribution in [0.5, 0.6) is 0 Å². The van der Waals surface area contributed by atoms with Crippen LogP contribution in [0, 0.1) is 0 Å². The zero-order chi connectivity index (χ0) is 13.2. The molecule has 3 N–H and O–H groups in total. The Morgan fingerprint density at radius 2 is 2.28 bits per heavy atom. The summed E-state index contributed by atoms with van der Waals surface area (Å²) in [4.78, 5) is 15.7. The van der Waals surface area contributed by atoms with Crippen LogP contribution in [-0.4, -0.2) is 36.9 Å². The highest BCUT2D eigenvalue weighted by molar-refractivity contribution is 7.91. The monoisotopic (exact) mass is 269 g/mol. The molecule has 1 aliphatic heterocycles. The number of hydrogen-bond donors (Lipinski definition) is 2. The smallest absolute Gasteiger partial charge is 0.255 e. The van der Waals surface area contributed by atoms with Crippen molar-refractivity contribution in [1.29, 1.82) is 0 Å². The molecule has 18 heavy (non-hydrogen) atoms. The molecule has 6 nitrogen and oxygen atoms in total. The average Bonchev–Trinajstić information content (AvgIpc) is 2.28. The van der Waals surface area contributed by atoms with E-state index in [-0.39, 0.29) is 29.0 Å². The first-order chi connectivity index (χ1) is 8.48. The lowest BCUT2D eigenvalue weighted by Gasteiger charge is -2.23. The van der Waals surface area contributed by atoms with Crippen LogP contribution in [0.2, 0.25) is 0 Å². The highest BCUT2D eigenvalue weighted by atomic mass is 32.2. The Labute approximate surface area is 106 Å². The van der Waals surface area contributed by atoms with Gasteiger partial charge in [0.05, 0.1) is 17.1 Å². The fourth-order valence-corrected chi connectivity index (χ4v) is 3.63. The number of nitrogens with zero attached hydrogens (tertiary/aromatic N) is 1. The van der Waals surface area contributed by atoms with Crippen LogP contribution in [0.1, 0.15) is 23.2 Å². The van der Waals surface area contributed by atoms with Crippen LogP contribution in [0.3, 0.4) is 0 Å². The van der Waals surface area contributed by atoms with E-state index < -0.39 is 9.84 Å². The van der Waals surface area contributed by atoms with Gasteiger partial charge in [-0.1, -0.05) is 0 Å². The van der Waals surface area contributed by atoms with E-state index in [0.29, 0.717) is 18.5 Å². The summed E-state index contributed by atoms with van der Waals surface area (Å²) in [6, 6.07) is 1.20. The van der Waals surface area contributed by atoms with Gasteiger partial charge < -0.3 is 11.1 Å². The van der Waals surface area contributed by atoms with Crippen LogP contribution >= 0.6 is 0 Å². The maximum absolute atomic E-state index is 11.9. The lowest BCUT2D eigenvalue weighted by Crippen LogP contribution is -2.43. The van der Waals surface area contributed by atoms with E-state index in [1.807, 2.05) is 0 Å². The van der Waals surface area contributed by atoms with E-state index in [1.54, 1.807) is 0 Å². The van der Waals surface area contributed by atoms with Crippen LogP contribution in [0.25, 0.3) is 0 Å². The summed E-state index contributed by atoms with van der Waals surface area (Å²) in [6.07, 6.45) is 4.13. The fraction of sp³-hybridized carbons (Fsp3) is 0.455. The molecule has 0 radical (unpaired) electrons. The van der Waals surface area contributed by atoms with Crippen LogP contribution in [0.4, 0.5) is 5.69 Å². The van der Waals surface area contributed by atoms with Gasteiger partial charge in [0.15, 0.2) is 9.84 Å². The Hall–Kier alpha value is -1.63. The number of hydrogen-bond acceptors (Lipinski definition) is 5. The van der Waals surface area contributed by atoms with Crippen molar-refractivity contribution in [1.82, 2.24) is 10.3 Å². The number of rotatable bonds is 2. The zero-order valence-electron chi connectivity index (χ0n) is 9.80. The molecule has 1 aromatic rings. The van der Waals surface area contributed by atoms with E-state index in [9.17, 15) is 13.2 Å². The summed E-state index contributed by atoms with van der Waals surface area (Å²) in [7, 11) is -3.03. The fourth-order valence-electron chi connectivity index (χ4n) is 1.99. The highest BCUT2D eigenvalue weighted by Gasteiger charge is 2.26. The van der Waals surface area contributed by atoms with Gasteiger partial charge in [-0.25, -0.2) is 8.42 Å². The minimum absolute atomic E-state index is 0.00108. The Morgan fingerprint density at radius 1 is 1.50 bits per heavy atom. The van der Waals surface area contributed by atoms with E-state index in [0.717, 1.165) is 0 Å². The predicted octanol–water partition coefficient (Wildman–Crippen LogP) is -0.0292. The molecule has 1 aliphatic rings. The average molecular weight is 269 g/mol. The number of anilines is 1. The number of carbonyl (C=O) groups excluding carboxylic acids is 1. The van der Waals surface area contributed by atoms with Gasteiger partial charge in [-0.05, 0) is 18.9 Å². The van der Waals surface area contributed by atoms with Gasteiger partial charge in [-0.15, -0.1) is 0 Å². The molecule has 2 heterocycles. The highest BCUT2D eigenvalue weighted by Crippen LogP contribution is 2.14. The maximum atomic E-state index is 11.9. The molecule has 0 saturated carbocycles. The lowest BCUT2D eigenvalue weighted by molar-refractivity contribution is 0.0939. The number of nitrogen functional groups attached to an aromatic ring is 1. The molecular formula is C11H15N3O3S. The van der Waals surface area contributed by atoms with Crippen molar-refractivity contribution in [2.24, 2.45) is 0 Å². The van der Waals surface area contributed by atoms with E-state index in [2.05, 4.69) is 10.3 Å². The minimum Gasteiger partial charge on any atom is -0.398 e. The Balaban J connectivity index is 2.06. The molecule has 7 heteroatoms. The molecule has 1 saturated heterocycles. The Kier molecular flexibility index (Phi) is 3.51. The number of amides is 1. The van der Waals surface area contributed by atoms with Gasteiger partial charge in [0.1, 0.15) is 0 Å². The summed E-state index contributed by atoms with van der Waals surface area (Å²) < 4.78 is 22.9. The standard InChI is InChI=1S/C11H15N3O3S/c12-10-3-4-13-6-9(10)11(15)14-8-2-1-5-18(16,17)7-8/h3-4,6,8H,1-2,5,7H2,(H2,12,13)(H,14,15). The van der Waals surface area contributed by atoms with E-state index >= 15 is 0 Å². The molecule has 1 amide bonds. The quantitative estimate of drug-likeness (QED) is 0.785. The predicted molar refractivity (Wildman–Crippen MR) is 67.8 cm³/mol. The summed E-state index contributed by atoms with van der Waals surface area (Å²) in [5.74, 6) is -0.171. The van der Waals surface area contributed by atoms with Gasteiger partial charge >= 0.3 is 0 Å². The van der Waals surface area contributed by atoms with Crippen LogP contribution in [-0.2, 0) is 9.84 Å². The van der Waals surface area contributed by atoms with Gasteiger partial charge in [0.25, 0.3) is 5.91 Å². The second-order valence-corrected chi connectivity index (χ2v) is 6.62. The van der Waals surface area contributed by atoms with Crippen LogP contribution < -0.4 is 11.1 Å². The summed E-state index contributed by atoms with van der Waals surface area (Å²) >= 11 is 0. The minimum atomic E-state index is -3.03. The van der Waals surface area contributed by atoms with Crippen molar-refractivity contribution >= 4 is 21.4 Å². The Morgan fingerprint density at radius 3 is 2.94 bits per heavy atom. The molecule has 0 aliphatic carbocycles. The molecule has 98 valence electrons. The Bertz CT molecular complexity index is 556. The maximum Gasteiger partial charge on any atom is 0.255 e. The lowest BCUT2D eigenvalue weighted by atomic mass is 10.1. The normalized spacial score (nSPS) is 22.3. The molecule has 0 aromatic carbocycles. The van der Waals surface area contributed by atoms with Crippen molar-refractivity contribution in [3.05, 3.63) is 24.0 Å². The first-order valence-electron chi connectivity index (χ1n) is 5.69. The van der Waals surface area contributed by atoms with Gasteiger partial charge in [-0.3, -0.25) is 9.78 Å². The second kappa shape index (κ2) is 4.93. The van der Waals surface area contributed by atoms with Crippen molar-refractivity contribution in [3.63, 3.8) is 0 Å². The van der Waals surface area contributed by atoms with Gasteiger partial charge in [-0.2, -0.15) is 0 Å². The zero-order valence-corrected chi connectivity index (χ0v) is 10.6. The molecule has 1 aromatic heterocycles. The van der Waals surface area contributed by atoms with E-state index in [1.165, 1.54) is 18.5 Å². The molecule has 1 unspecified atom stereocenters. The van der Waals surface area contributed by atoms with Crippen molar-refractivity contribution in [2.75, 3.05) is 17.2 Å². The number of sulfone groups is 1. The number of nitrogens with one attached hydrogen (secondary N) is 1. The first-order valence-corrected chi connectivity index (χ1v) is 7.51. The third kappa shape index (κ3) is 2.98. The van der Waals surface area contributed by atoms with Crippen molar-refractivity contribution < 1.29 is 13.2 Å². The molecular weight excluding hydrogens is 254 g/mol. The summed E-state index contributed by atoms with van der Waals surface area (Å²) in [5.41, 5.74) is 6.27. The molecule has 1 atom stereocenters. The molecule has 2 rings (SSSR count). The van der Waals surface area contributed by atoms with Crippen molar-refractivity contribution in [2.45, 2.75) is 18.9 Å². The number of pyridine rings is 1. The largest absolute Gasteiger partial charge is 0.398 e.